The molecule has 27 heavy (non-hydrogen) atoms. The Morgan fingerprint density at radius 2 is 1.81 bits per heavy atom. The molecule has 0 amide bonds. The highest BCUT2D eigenvalue weighted by Gasteiger charge is 2.29. The molecule has 0 N–H and O–H groups in total. The second kappa shape index (κ2) is 6.87. The molecule has 2 aromatic rings. The maximum absolute atomic E-state index is 12.7. The van der Waals surface area contributed by atoms with Crippen molar-refractivity contribution in [1.29, 1.82) is 5.26 Å². The molecular weight excluding hydrogens is 336 g/mol. The van der Waals surface area contributed by atoms with Gasteiger partial charge in [0.2, 0.25) is 0 Å². The molecular formula is C22H16N4O. The summed E-state index contributed by atoms with van der Waals surface area (Å²) in [5.41, 5.74) is 3.60. The summed E-state index contributed by atoms with van der Waals surface area (Å²) in [4.78, 5) is 24.4. The molecule has 1 aliphatic rings. The lowest BCUT2D eigenvalue weighted by molar-refractivity contribution is 0.100. The summed E-state index contributed by atoms with van der Waals surface area (Å²) >= 11 is 0. The average molecular weight is 352 g/mol. The number of hydrogen-bond acceptors (Lipinski definition) is 3. The number of benzene rings is 2. The number of nitrogens with zero attached hydrogens (tertiary/aromatic N) is 4. The van der Waals surface area contributed by atoms with Gasteiger partial charge in [0.05, 0.1) is 36.7 Å². The molecule has 0 unspecified atom stereocenters. The molecule has 0 saturated heterocycles. The van der Waals surface area contributed by atoms with Crippen molar-refractivity contribution in [2.75, 3.05) is 0 Å². The van der Waals surface area contributed by atoms with Crippen LogP contribution in [0.15, 0.2) is 41.4 Å². The largest absolute Gasteiger partial charge is 0.294 e. The zero-order valence-corrected chi connectivity index (χ0v) is 15.1. The molecule has 5 heteroatoms. The number of ketones is 1. The molecule has 0 aromatic heterocycles. The van der Waals surface area contributed by atoms with E-state index in [1.54, 1.807) is 36.4 Å². The van der Waals surface area contributed by atoms with Gasteiger partial charge in [0, 0.05) is 11.3 Å². The standard InChI is InChI=1S/C22H16N4O/c1-22(2)12-16-9-19(24-3)20(25-4)10-17(16)18(26-22)11-21(27)15-7-5-14(13-23)6-8-15/h5-10H,11-12H2,1-2H3. The molecule has 2 aromatic carbocycles. The Balaban J connectivity index is 2.01. The van der Waals surface area contributed by atoms with Gasteiger partial charge in [-0.05, 0) is 43.5 Å². The minimum absolute atomic E-state index is 0.0968. The fourth-order valence-corrected chi connectivity index (χ4v) is 3.26. The summed E-state index contributed by atoms with van der Waals surface area (Å²) in [6.45, 7) is 18.6. The van der Waals surface area contributed by atoms with Crippen LogP contribution < -0.4 is 0 Å². The van der Waals surface area contributed by atoms with Gasteiger partial charge in [0.15, 0.2) is 17.2 Å². The van der Waals surface area contributed by atoms with Crippen LogP contribution in [0.4, 0.5) is 11.4 Å². The fourth-order valence-electron chi connectivity index (χ4n) is 3.26. The van der Waals surface area contributed by atoms with Crippen molar-refractivity contribution in [3.8, 4) is 6.07 Å². The van der Waals surface area contributed by atoms with Crippen molar-refractivity contribution >= 4 is 22.9 Å². The Hall–Kier alpha value is -3.75. The van der Waals surface area contributed by atoms with E-state index in [2.05, 4.69) is 9.69 Å². The van der Waals surface area contributed by atoms with Gasteiger partial charge in [-0.2, -0.15) is 5.26 Å². The second-order valence-electron chi connectivity index (χ2n) is 7.06. The number of fused-ring (bicyclic) bond motifs is 1. The molecule has 1 aliphatic heterocycles. The quantitative estimate of drug-likeness (QED) is 0.573. The van der Waals surface area contributed by atoms with Crippen molar-refractivity contribution in [2.24, 2.45) is 4.99 Å². The van der Waals surface area contributed by atoms with Gasteiger partial charge < -0.3 is 0 Å². The van der Waals surface area contributed by atoms with Crippen LogP contribution in [0.25, 0.3) is 9.69 Å². The Labute approximate surface area is 158 Å². The minimum Gasteiger partial charge on any atom is -0.294 e. The third-order valence-corrected chi connectivity index (χ3v) is 4.48. The molecule has 0 aliphatic carbocycles. The van der Waals surface area contributed by atoms with E-state index in [-0.39, 0.29) is 23.4 Å². The van der Waals surface area contributed by atoms with Crippen LogP contribution in [0.3, 0.4) is 0 Å². The van der Waals surface area contributed by atoms with E-state index in [9.17, 15) is 4.79 Å². The first-order valence-electron chi connectivity index (χ1n) is 8.41. The summed E-state index contributed by atoms with van der Waals surface area (Å²) < 4.78 is 0. The molecule has 3 rings (SSSR count). The molecule has 0 fully saturated rings. The second-order valence-corrected chi connectivity index (χ2v) is 7.06. The number of rotatable bonds is 3. The fraction of sp³-hybridized carbons (Fsp3) is 0.227. The highest BCUT2D eigenvalue weighted by molar-refractivity contribution is 6.17. The maximum atomic E-state index is 12.7. The molecule has 0 bridgehead atoms. The zero-order chi connectivity index (χ0) is 19.6. The van der Waals surface area contributed by atoms with E-state index < -0.39 is 0 Å². The van der Waals surface area contributed by atoms with Crippen LogP contribution in [0.2, 0.25) is 0 Å². The lowest BCUT2D eigenvalue weighted by Gasteiger charge is -2.29. The summed E-state index contributed by atoms with van der Waals surface area (Å²) in [6, 6.07) is 12.0. The number of carbonyl (C=O) groups excluding carboxylic acids is 1. The SMILES string of the molecule is [C-]#[N+]c1cc2c(cc1[N+]#[C-])C(CC(=O)c1ccc(C#N)cc1)=NC(C)(C)C2. The van der Waals surface area contributed by atoms with Crippen molar-refractivity contribution in [3.05, 3.63) is 81.5 Å². The minimum atomic E-state index is -0.383. The van der Waals surface area contributed by atoms with Crippen LogP contribution in [-0.4, -0.2) is 17.0 Å². The average Bonchev–Trinajstić information content (AvgIpc) is 2.66. The van der Waals surface area contributed by atoms with E-state index >= 15 is 0 Å². The first-order chi connectivity index (χ1) is 12.9. The van der Waals surface area contributed by atoms with Crippen LogP contribution in [-0.2, 0) is 6.42 Å². The van der Waals surface area contributed by atoms with Crippen molar-refractivity contribution in [1.82, 2.24) is 0 Å². The number of Topliss-reactive ketones (excluding diaryl/α,β-unsaturated/α-hetero) is 1. The van der Waals surface area contributed by atoms with E-state index in [0.29, 0.717) is 28.9 Å². The first kappa shape index (κ1) is 18.1. The van der Waals surface area contributed by atoms with Gasteiger partial charge >= 0.3 is 0 Å². The van der Waals surface area contributed by atoms with Gasteiger partial charge in [-0.3, -0.25) is 19.5 Å². The maximum Gasteiger partial charge on any atom is 0.195 e. The van der Waals surface area contributed by atoms with Gasteiger partial charge in [-0.1, -0.05) is 24.3 Å². The Morgan fingerprint density at radius 1 is 1.19 bits per heavy atom. The first-order valence-corrected chi connectivity index (χ1v) is 8.41. The molecule has 0 saturated carbocycles. The van der Waals surface area contributed by atoms with E-state index in [1.165, 1.54) is 0 Å². The Bertz CT molecular complexity index is 1090. The van der Waals surface area contributed by atoms with Crippen molar-refractivity contribution in [3.63, 3.8) is 0 Å². The van der Waals surface area contributed by atoms with Gasteiger partial charge in [0.1, 0.15) is 0 Å². The monoisotopic (exact) mass is 352 g/mol. The molecule has 0 radical (unpaired) electrons. The summed E-state index contributed by atoms with van der Waals surface area (Å²) in [6.07, 6.45) is 0.759. The Kier molecular flexibility index (Phi) is 4.59. The molecule has 5 nitrogen and oxygen atoms in total. The van der Waals surface area contributed by atoms with E-state index in [1.807, 2.05) is 19.9 Å². The van der Waals surface area contributed by atoms with Gasteiger partial charge in [-0.25, -0.2) is 0 Å². The zero-order valence-electron chi connectivity index (χ0n) is 15.1. The molecule has 130 valence electrons. The summed E-state index contributed by atoms with van der Waals surface area (Å²) in [5.74, 6) is -0.0968. The summed E-state index contributed by atoms with van der Waals surface area (Å²) in [7, 11) is 0. The molecule has 1 heterocycles. The molecule has 0 spiro atoms. The predicted octanol–water partition coefficient (Wildman–Crippen LogP) is 5.06. The summed E-state index contributed by atoms with van der Waals surface area (Å²) in [5, 5.41) is 8.89. The van der Waals surface area contributed by atoms with Gasteiger partial charge in [0.25, 0.3) is 0 Å². The lowest BCUT2D eigenvalue weighted by atomic mass is 9.84. The number of carbonyl (C=O) groups is 1. The topological polar surface area (TPSA) is 61.9 Å². The highest BCUT2D eigenvalue weighted by Crippen LogP contribution is 2.37. The molecule has 0 atom stereocenters. The number of nitriles is 1. The Morgan fingerprint density at radius 3 is 2.41 bits per heavy atom. The van der Waals surface area contributed by atoms with Crippen LogP contribution in [0.1, 0.15) is 47.3 Å². The number of aliphatic imine (C=N–C) groups is 1. The van der Waals surface area contributed by atoms with Gasteiger partial charge in [-0.15, -0.1) is 0 Å². The third kappa shape index (κ3) is 3.61. The lowest BCUT2D eigenvalue weighted by Crippen LogP contribution is -2.30. The van der Waals surface area contributed by atoms with Crippen LogP contribution in [0.5, 0.6) is 0 Å². The van der Waals surface area contributed by atoms with Crippen LogP contribution in [0, 0.1) is 24.5 Å². The highest BCUT2D eigenvalue weighted by atomic mass is 16.1. The van der Waals surface area contributed by atoms with E-state index in [4.69, 9.17) is 23.4 Å². The smallest absolute Gasteiger partial charge is 0.195 e. The van der Waals surface area contributed by atoms with Crippen LogP contribution >= 0.6 is 0 Å². The van der Waals surface area contributed by atoms with Crippen molar-refractivity contribution < 1.29 is 4.79 Å². The third-order valence-electron chi connectivity index (χ3n) is 4.48. The van der Waals surface area contributed by atoms with Crippen molar-refractivity contribution in [2.45, 2.75) is 32.2 Å². The number of hydrogen-bond donors (Lipinski definition) is 0. The normalized spacial score (nSPS) is 14.1. The van der Waals surface area contributed by atoms with E-state index in [0.717, 1.165) is 11.1 Å². The predicted molar refractivity (Wildman–Crippen MR) is 103 cm³/mol.